The first-order valence-electron chi connectivity index (χ1n) is 44.0. The molecule has 26 aromatic rings. The van der Waals surface area contributed by atoms with Gasteiger partial charge < -0.3 is 30.9 Å². The van der Waals surface area contributed by atoms with E-state index in [2.05, 4.69) is 281 Å². The van der Waals surface area contributed by atoms with Crippen LogP contribution in [0, 0.1) is 76.2 Å². The summed E-state index contributed by atoms with van der Waals surface area (Å²) in [5.74, 6) is 0. The highest BCUT2D eigenvalue weighted by molar-refractivity contribution is 6.10. The fraction of sp³-hybridized carbons (Fsp3) is 0.0902. The maximum absolute atomic E-state index is 5.78. The van der Waals surface area contributed by atoms with Gasteiger partial charge in [-0.05, 0) is 207 Å². The Morgan fingerprint density at radius 3 is 0.823 bits per heavy atom. The number of hydrogen-bond donors (Lipinski definition) is 0. The minimum Gasteiger partial charge on any atom is -0.456 e. The molecule has 0 amide bonds. The van der Waals surface area contributed by atoms with Crippen LogP contribution in [0.4, 0.5) is 0 Å². The molecular weight excluding hydrogens is 1590 g/mol. The standard InChI is InChI=1S/7C13H10O.C10H9N.3C7H8/c2*1-9-5-4-7-11-10-6-2-3-8-12(10)14-13(9)11;1-9-5-4-8-12-13(9)10-6-2-3-7-11(10)14-12;2*1-9-6-7-13-11(8-9)10-4-2-3-5-12(10)14-13;2*1-9-6-7-11-10-4-2-3-5-12(10)14-13(11)8-9;1-8-4-5-10-9(7-8)3-2-6-11-10;3*1-7-5-3-2-4-6-7/h7*2-8H,1H3;2-7H,1H3;3*2-6H,1H3. The van der Waals surface area contributed by atoms with Crippen molar-refractivity contribution in [1.29, 1.82) is 0 Å². The summed E-state index contributed by atoms with van der Waals surface area (Å²) in [6.07, 6.45) is 1.82. The van der Waals surface area contributed by atoms with Crippen LogP contribution in [-0.2, 0) is 0 Å². The molecule has 18 aromatic carbocycles. The minimum absolute atomic E-state index is 0.966. The maximum atomic E-state index is 5.78. The van der Waals surface area contributed by atoms with Gasteiger partial charge in [0.2, 0.25) is 0 Å². The van der Waals surface area contributed by atoms with Crippen LogP contribution in [0.15, 0.2) is 456 Å². The van der Waals surface area contributed by atoms with E-state index in [9.17, 15) is 0 Å². The van der Waals surface area contributed by atoms with Gasteiger partial charge in [0.25, 0.3) is 0 Å². The quantitative estimate of drug-likeness (QED) is 0.148. The van der Waals surface area contributed by atoms with E-state index < -0.39 is 0 Å². The van der Waals surface area contributed by atoms with E-state index in [1.807, 2.05) is 225 Å². The van der Waals surface area contributed by atoms with Crippen molar-refractivity contribution in [2.24, 2.45) is 0 Å². The highest BCUT2D eigenvalue weighted by Crippen LogP contribution is 2.37. The zero-order valence-corrected chi connectivity index (χ0v) is 75.2. The highest BCUT2D eigenvalue weighted by atomic mass is 16.4. The molecule has 0 saturated heterocycles. The summed E-state index contributed by atoms with van der Waals surface area (Å²) in [6.45, 7) is 23.0. The lowest BCUT2D eigenvalue weighted by atomic mass is 10.1. The fourth-order valence-electron chi connectivity index (χ4n) is 15.9. The summed E-state index contributed by atoms with van der Waals surface area (Å²) in [6, 6.07) is 142. The second-order valence-corrected chi connectivity index (χ2v) is 32.7. The average Bonchev–Trinajstić information content (AvgIpc) is 1.67. The fourth-order valence-corrected chi connectivity index (χ4v) is 15.9. The molecule has 8 nitrogen and oxygen atoms in total. The topological polar surface area (TPSA) is 105 Å². The summed E-state index contributed by atoms with van der Waals surface area (Å²) in [4.78, 5) is 4.22. The Hall–Kier alpha value is -16.0. The number of benzene rings is 18. The van der Waals surface area contributed by atoms with E-state index in [4.69, 9.17) is 30.9 Å². The van der Waals surface area contributed by atoms with Gasteiger partial charge in [-0.1, -0.05) is 349 Å². The predicted molar refractivity (Wildman–Crippen MR) is 549 cm³/mol. The Balaban J connectivity index is 0.000000106. The van der Waals surface area contributed by atoms with Crippen LogP contribution in [0.25, 0.3) is 164 Å². The Labute approximate surface area is 757 Å². The third kappa shape index (κ3) is 21.2. The first-order valence-corrected chi connectivity index (χ1v) is 44.0. The van der Waals surface area contributed by atoms with Crippen molar-refractivity contribution in [3.63, 3.8) is 0 Å². The van der Waals surface area contributed by atoms with Crippen LogP contribution < -0.4 is 0 Å². The van der Waals surface area contributed by atoms with Crippen molar-refractivity contribution in [2.45, 2.75) is 76.2 Å². The molecule has 8 heterocycles. The number of hydrogen-bond acceptors (Lipinski definition) is 8. The number of nitrogens with zero attached hydrogens (tertiary/aromatic N) is 1. The van der Waals surface area contributed by atoms with Crippen molar-refractivity contribution in [1.82, 2.24) is 4.98 Å². The Morgan fingerprint density at radius 2 is 0.423 bits per heavy atom. The van der Waals surface area contributed by atoms with Gasteiger partial charge in [-0.3, -0.25) is 4.98 Å². The number of para-hydroxylation sites is 9. The summed E-state index contributed by atoms with van der Waals surface area (Å²) >= 11 is 0. The number of fused-ring (bicyclic) bond motifs is 22. The van der Waals surface area contributed by atoms with E-state index in [1.54, 1.807) is 0 Å². The second-order valence-electron chi connectivity index (χ2n) is 32.7. The van der Waals surface area contributed by atoms with Crippen LogP contribution >= 0.6 is 0 Å². The SMILES string of the molecule is Cc1ccc2c(c1)oc1ccccc12.Cc1ccc2c(c1)oc1ccccc12.Cc1ccc2ncccc2c1.Cc1ccc2oc3ccccc3c2c1.Cc1ccc2oc3ccccc3c2c1.Cc1cccc2c1oc1ccccc12.Cc1cccc2c1oc1ccccc12.Cc1cccc2oc3ccccc3c12.Cc1ccccc1.Cc1ccccc1.Cc1ccccc1. The molecule has 8 heteroatoms. The molecule has 0 aliphatic carbocycles. The van der Waals surface area contributed by atoms with E-state index in [1.165, 1.54) is 142 Å². The van der Waals surface area contributed by atoms with Crippen LogP contribution in [0.1, 0.15) is 61.2 Å². The van der Waals surface area contributed by atoms with Crippen LogP contribution in [0.2, 0.25) is 0 Å². The van der Waals surface area contributed by atoms with Gasteiger partial charge in [-0.15, -0.1) is 0 Å². The minimum atomic E-state index is 0.966. The van der Waals surface area contributed by atoms with Gasteiger partial charge >= 0.3 is 0 Å². The number of pyridine rings is 1. The van der Waals surface area contributed by atoms with Crippen LogP contribution in [-0.4, -0.2) is 4.98 Å². The molecule has 0 atom stereocenters. The molecule has 0 fully saturated rings. The van der Waals surface area contributed by atoms with Gasteiger partial charge in [-0.2, -0.15) is 0 Å². The lowest BCUT2D eigenvalue weighted by Crippen LogP contribution is -1.77. The van der Waals surface area contributed by atoms with Gasteiger partial charge in [0.15, 0.2) is 0 Å². The highest BCUT2D eigenvalue weighted by Gasteiger charge is 2.13. The van der Waals surface area contributed by atoms with Crippen molar-refractivity contribution in [3.05, 3.63) is 486 Å². The smallest absolute Gasteiger partial charge is 0.138 e. The molecule has 0 aliphatic heterocycles. The Bertz CT molecular complexity index is 7790. The molecule has 0 saturated carbocycles. The maximum Gasteiger partial charge on any atom is 0.138 e. The largest absolute Gasteiger partial charge is 0.456 e. The zero-order chi connectivity index (χ0) is 89.8. The second kappa shape index (κ2) is 41.4. The first-order chi connectivity index (χ1) is 63.5. The third-order valence-corrected chi connectivity index (χ3v) is 22.5. The van der Waals surface area contributed by atoms with E-state index in [0.717, 1.165) is 83.7 Å². The van der Waals surface area contributed by atoms with E-state index in [-0.39, 0.29) is 0 Å². The van der Waals surface area contributed by atoms with Crippen LogP contribution in [0.3, 0.4) is 0 Å². The predicted octanol–water partition coefficient (Wildman–Crippen LogP) is 35.8. The van der Waals surface area contributed by atoms with Crippen molar-refractivity contribution >= 4 is 164 Å². The summed E-state index contributed by atoms with van der Waals surface area (Å²) in [5, 5.41) is 18.1. The Kier molecular flexibility index (Phi) is 27.8. The Morgan fingerprint density at radius 1 is 0.154 bits per heavy atom. The number of aromatic nitrogens is 1. The number of rotatable bonds is 0. The van der Waals surface area contributed by atoms with Crippen molar-refractivity contribution < 1.29 is 30.9 Å². The molecule has 0 aliphatic rings. The summed E-state index contributed by atoms with van der Waals surface area (Å²) in [5.41, 5.74) is 28.6. The van der Waals surface area contributed by atoms with Gasteiger partial charge in [-0.25, -0.2) is 0 Å². The van der Waals surface area contributed by atoms with Gasteiger partial charge in [0.1, 0.15) is 78.2 Å². The van der Waals surface area contributed by atoms with Crippen molar-refractivity contribution in [3.8, 4) is 0 Å². The monoisotopic (exact) mass is 1690 g/mol. The van der Waals surface area contributed by atoms with E-state index >= 15 is 0 Å². The molecule has 638 valence electrons. The number of aryl methyl sites for hydroxylation is 11. The molecule has 0 bridgehead atoms. The van der Waals surface area contributed by atoms with Crippen molar-refractivity contribution in [2.75, 3.05) is 0 Å². The molecule has 0 spiro atoms. The number of furan rings is 7. The summed E-state index contributed by atoms with van der Waals surface area (Å²) in [7, 11) is 0. The summed E-state index contributed by atoms with van der Waals surface area (Å²) < 4.78 is 40.2. The molecule has 0 unspecified atom stereocenters. The van der Waals surface area contributed by atoms with E-state index in [0.29, 0.717) is 0 Å². The molecule has 130 heavy (non-hydrogen) atoms. The lowest BCUT2D eigenvalue weighted by Gasteiger charge is -1.95. The molecular formula is C122H103NO7. The molecule has 26 rings (SSSR count). The lowest BCUT2D eigenvalue weighted by molar-refractivity contribution is 0.665. The van der Waals surface area contributed by atoms with Gasteiger partial charge in [0, 0.05) is 87.0 Å². The molecule has 0 N–H and O–H groups in total. The molecule has 8 aromatic heterocycles. The zero-order valence-electron chi connectivity index (χ0n) is 75.2. The third-order valence-electron chi connectivity index (χ3n) is 22.5. The van der Waals surface area contributed by atoms with Gasteiger partial charge in [0.05, 0.1) is 5.52 Å². The normalized spacial score (nSPS) is 10.7. The molecule has 0 radical (unpaired) electrons. The average molecular weight is 1700 g/mol. The van der Waals surface area contributed by atoms with Crippen LogP contribution in [0.5, 0.6) is 0 Å². The first kappa shape index (κ1) is 87.4.